The molecule has 0 aliphatic carbocycles. The predicted molar refractivity (Wildman–Crippen MR) is 245 cm³/mol. The Bertz CT molecular complexity index is 3110. The van der Waals surface area contributed by atoms with E-state index in [4.69, 9.17) is 0 Å². The zero-order valence-corrected chi connectivity index (χ0v) is 31.3. The fraction of sp³-hybridized carbons (Fsp3) is 0. The Kier molecular flexibility index (Phi) is 7.89. The van der Waals surface area contributed by atoms with Crippen molar-refractivity contribution in [1.82, 2.24) is 0 Å². The summed E-state index contributed by atoms with van der Waals surface area (Å²) in [5, 5.41) is 12.6. The van der Waals surface area contributed by atoms with Crippen LogP contribution in [-0.2, 0) is 0 Å². The number of fused-ring (bicyclic) bond motifs is 7. The third-order valence-electron chi connectivity index (χ3n) is 11.6. The third-order valence-corrected chi connectivity index (χ3v) is 11.6. The first-order chi connectivity index (χ1) is 28.2. The van der Waals surface area contributed by atoms with Crippen molar-refractivity contribution in [2.75, 3.05) is 4.90 Å². The van der Waals surface area contributed by atoms with Crippen LogP contribution in [0.4, 0.5) is 17.1 Å². The van der Waals surface area contributed by atoms with Gasteiger partial charge in [-0.05, 0) is 142 Å². The average Bonchev–Trinajstić information content (AvgIpc) is 3.29. The van der Waals surface area contributed by atoms with E-state index >= 15 is 0 Å². The summed E-state index contributed by atoms with van der Waals surface area (Å²) in [7, 11) is 0. The number of benzene rings is 11. The number of rotatable bonds is 6. The summed E-state index contributed by atoms with van der Waals surface area (Å²) < 4.78 is 0. The zero-order chi connectivity index (χ0) is 37.7. The molecule has 0 aliphatic heterocycles. The van der Waals surface area contributed by atoms with E-state index in [0.29, 0.717) is 0 Å². The van der Waals surface area contributed by atoms with Gasteiger partial charge in [-0.1, -0.05) is 170 Å². The Morgan fingerprint density at radius 2 is 0.614 bits per heavy atom. The molecular formula is C56H37N. The van der Waals surface area contributed by atoms with Gasteiger partial charge < -0.3 is 4.90 Å². The van der Waals surface area contributed by atoms with E-state index in [9.17, 15) is 0 Å². The van der Waals surface area contributed by atoms with Gasteiger partial charge in [-0.25, -0.2) is 0 Å². The summed E-state index contributed by atoms with van der Waals surface area (Å²) in [5.74, 6) is 0. The number of anilines is 3. The van der Waals surface area contributed by atoms with Crippen molar-refractivity contribution < 1.29 is 0 Å². The van der Waals surface area contributed by atoms with Crippen LogP contribution in [0.1, 0.15) is 0 Å². The molecule has 1 nitrogen and oxygen atoms in total. The monoisotopic (exact) mass is 723 g/mol. The Hall–Kier alpha value is -7.48. The number of hydrogen-bond acceptors (Lipinski definition) is 1. The minimum Gasteiger partial charge on any atom is -0.310 e. The van der Waals surface area contributed by atoms with Gasteiger partial charge in [0.05, 0.1) is 0 Å². The minimum atomic E-state index is 1.10. The highest BCUT2D eigenvalue weighted by Gasteiger charge is 2.16. The first kappa shape index (κ1) is 32.9. The number of hydrogen-bond donors (Lipinski definition) is 0. The molecule has 11 aromatic rings. The summed E-state index contributed by atoms with van der Waals surface area (Å²) >= 11 is 0. The molecular weight excluding hydrogens is 687 g/mol. The Labute approximate surface area is 332 Å². The molecule has 0 bridgehead atoms. The van der Waals surface area contributed by atoms with Gasteiger partial charge in [-0.15, -0.1) is 0 Å². The molecule has 0 fully saturated rings. The Morgan fingerprint density at radius 3 is 1.16 bits per heavy atom. The highest BCUT2D eigenvalue weighted by molar-refractivity contribution is 6.15. The van der Waals surface area contributed by atoms with Crippen LogP contribution in [0.15, 0.2) is 224 Å². The highest BCUT2D eigenvalue weighted by atomic mass is 15.1. The van der Waals surface area contributed by atoms with Crippen LogP contribution < -0.4 is 4.90 Å². The van der Waals surface area contributed by atoms with Crippen molar-refractivity contribution in [2.24, 2.45) is 0 Å². The quantitative estimate of drug-likeness (QED) is 0.154. The molecule has 0 heterocycles. The van der Waals surface area contributed by atoms with Crippen molar-refractivity contribution in [3.8, 4) is 33.4 Å². The van der Waals surface area contributed by atoms with Crippen molar-refractivity contribution in [3.63, 3.8) is 0 Å². The van der Waals surface area contributed by atoms with Gasteiger partial charge >= 0.3 is 0 Å². The molecule has 11 rings (SSSR count). The molecule has 0 N–H and O–H groups in total. The largest absolute Gasteiger partial charge is 0.310 e. The van der Waals surface area contributed by atoms with Crippen LogP contribution in [0.5, 0.6) is 0 Å². The van der Waals surface area contributed by atoms with Gasteiger partial charge in [0.2, 0.25) is 0 Å². The van der Waals surface area contributed by atoms with Gasteiger partial charge in [-0.3, -0.25) is 0 Å². The summed E-state index contributed by atoms with van der Waals surface area (Å²) in [5.41, 5.74) is 10.7. The minimum absolute atomic E-state index is 1.10. The maximum absolute atomic E-state index is 2.38. The standard InChI is InChI=1S/C56H37N/c1-2-12-38(13-3-1)41-22-23-43-35-48(33-28-42(43)34-41)57(46-29-24-39(25-30-46)55-36-44-14-4-6-16-49(44)51-18-8-10-20-53(51)55)47-31-26-40(27-32-47)56-37-45-15-5-7-17-50(45)52-19-9-11-21-54(52)56/h1-37H. The Morgan fingerprint density at radius 1 is 0.211 bits per heavy atom. The molecule has 0 aliphatic rings. The second kappa shape index (κ2) is 13.7. The third kappa shape index (κ3) is 5.80. The molecule has 0 spiro atoms. The van der Waals surface area contributed by atoms with Crippen LogP contribution in [-0.4, -0.2) is 0 Å². The van der Waals surface area contributed by atoms with Crippen molar-refractivity contribution in [2.45, 2.75) is 0 Å². The fourth-order valence-corrected chi connectivity index (χ4v) is 8.80. The lowest BCUT2D eigenvalue weighted by Gasteiger charge is -2.26. The van der Waals surface area contributed by atoms with Crippen LogP contribution in [0, 0.1) is 0 Å². The van der Waals surface area contributed by atoms with Crippen LogP contribution >= 0.6 is 0 Å². The number of nitrogens with zero attached hydrogens (tertiary/aromatic N) is 1. The molecule has 0 saturated carbocycles. The first-order valence-corrected chi connectivity index (χ1v) is 19.7. The lowest BCUT2D eigenvalue weighted by atomic mass is 9.93. The van der Waals surface area contributed by atoms with Crippen molar-refractivity contribution in [3.05, 3.63) is 224 Å². The normalized spacial score (nSPS) is 11.5. The molecule has 0 saturated heterocycles. The summed E-state index contributed by atoms with van der Waals surface area (Å²) in [6, 6.07) is 82.0. The van der Waals surface area contributed by atoms with Crippen LogP contribution in [0.2, 0.25) is 0 Å². The zero-order valence-electron chi connectivity index (χ0n) is 31.3. The fourth-order valence-electron chi connectivity index (χ4n) is 8.80. The molecule has 1 heteroatoms. The molecule has 11 aromatic carbocycles. The summed E-state index contributed by atoms with van der Waals surface area (Å²) in [6.07, 6.45) is 0. The summed E-state index contributed by atoms with van der Waals surface area (Å²) in [6.45, 7) is 0. The van der Waals surface area contributed by atoms with Gasteiger partial charge in [-0.2, -0.15) is 0 Å². The van der Waals surface area contributed by atoms with E-state index in [1.807, 2.05) is 0 Å². The van der Waals surface area contributed by atoms with Crippen molar-refractivity contribution >= 4 is 70.9 Å². The molecule has 0 radical (unpaired) electrons. The van der Waals surface area contributed by atoms with E-state index < -0.39 is 0 Å². The summed E-state index contributed by atoms with van der Waals surface area (Å²) in [4.78, 5) is 2.38. The second-order valence-electron chi connectivity index (χ2n) is 14.9. The van der Waals surface area contributed by atoms with Gasteiger partial charge in [0.25, 0.3) is 0 Å². The molecule has 0 aromatic heterocycles. The van der Waals surface area contributed by atoms with E-state index in [1.165, 1.54) is 87.2 Å². The average molecular weight is 724 g/mol. The van der Waals surface area contributed by atoms with Crippen molar-refractivity contribution in [1.29, 1.82) is 0 Å². The van der Waals surface area contributed by atoms with E-state index in [1.54, 1.807) is 0 Å². The lowest BCUT2D eigenvalue weighted by molar-refractivity contribution is 1.29. The topological polar surface area (TPSA) is 3.24 Å². The first-order valence-electron chi connectivity index (χ1n) is 19.7. The smallest absolute Gasteiger partial charge is 0.0468 e. The molecule has 0 amide bonds. The predicted octanol–water partition coefficient (Wildman–Crippen LogP) is 15.9. The highest BCUT2D eigenvalue weighted by Crippen LogP contribution is 2.41. The van der Waals surface area contributed by atoms with E-state index in [-0.39, 0.29) is 0 Å². The Balaban J connectivity index is 1.03. The SMILES string of the molecule is c1ccc(-c2ccc3cc(N(c4ccc(-c5cc6ccccc6c6ccccc56)cc4)c4ccc(-c5cc6ccccc6c6ccccc56)cc4)ccc3c2)cc1. The van der Waals surface area contributed by atoms with Crippen LogP contribution in [0.3, 0.4) is 0 Å². The maximum atomic E-state index is 2.38. The van der Waals surface area contributed by atoms with Gasteiger partial charge in [0.15, 0.2) is 0 Å². The molecule has 0 unspecified atom stereocenters. The van der Waals surface area contributed by atoms with Gasteiger partial charge in [0, 0.05) is 17.1 Å². The van der Waals surface area contributed by atoms with Crippen LogP contribution in [0.25, 0.3) is 87.2 Å². The van der Waals surface area contributed by atoms with Gasteiger partial charge in [0.1, 0.15) is 0 Å². The molecule has 0 atom stereocenters. The molecule has 266 valence electrons. The van der Waals surface area contributed by atoms with E-state index in [0.717, 1.165) is 17.1 Å². The van der Waals surface area contributed by atoms with E-state index in [2.05, 4.69) is 229 Å². The maximum Gasteiger partial charge on any atom is 0.0468 e. The molecule has 57 heavy (non-hydrogen) atoms. The second-order valence-corrected chi connectivity index (χ2v) is 14.9. The lowest BCUT2D eigenvalue weighted by Crippen LogP contribution is -2.09.